The molecule has 1 aliphatic rings. The van der Waals surface area contributed by atoms with Crippen molar-refractivity contribution in [2.24, 2.45) is 0 Å². The number of ether oxygens (including phenoxy) is 4. The molecule has 0 bridgehead atoms. The fraction of sp³-hybridized carbons (Fsp3) is 0.409. The van der Waals surface area contributed by atoms with Gasteiger partial charge in [-0.05, 0) is 5.56 Å². The van der Waals surface area contributed by atoms with Crippen molar-refractivity contribution in [2.45, 2.75) is 6.54 Å². The fourth-order valence-electron chi connectivity index (χ4n) is 3.51. The molecule has 0 unspecified atom stereocenters. The van der Waals surface area contributed by atoms with Gasteiger partial charge in [0.05, 0.1) is 26.3 Å². The van der Waals surface area contributed by atoms with E-state index in [1.807, 2.05) is 0 Å². The fourth-order valence-corrected chi connectivity index (χ4v) is 3.51. The van der Waals surface area contributed by atoms with Crippen molar-refractivity contribution in [3.63, 3.8) is 0 Å². The largest absolute Gasteiger partial charge is 0.493 e. The highest BCUT2D eigenvalue weighted by molar-refractivity contribution is 5.78. The number of piperazine rings is 1. The van der Waals surface area contributed by atoms with Gasteiger partial charge < -0.3 is 23.8 Å². The molecule has 1 fully saturated rings. The molecule has 1 aliphatic heterocycles. The van der Waals surface area contributed by atoms with Crippen LogP contribution in [-0.4, -0.2) is 74.7 Å². The van der Waals surface area contributed by atoms with Gasteiger partial charge in [-0.1, -0.05) is 12.1 Å². The first-order valence-electron chi connectivity index (χ1n) is 10.1. The Morgan fingerprint density at radius 3 is 2.06 bits per heavy atom. The Kier molecular flexibility index (Phi) is 7.72. The van der Waals surface area contributed by atoms with E-state index in [-0.39, 0.29) is 18.2 Å². The summed E-state index contributed by atoms with van der Waals surface area (Å²) < 4.78 is 21.6. The van der Waals surface area contributed by atoms with Crippen LogP contribution in [-0.2, 0) is 11.3 Å². The standard InChI is InChI=1S/C22H27N3O7/c1-29-19-12-18(13-20(30-2)22(19)31-3)32-15-21(26)24-10-8-23(9-11-24)14-16-4-6-17(7-5-16)25(27)28/h4-7,12-13H,8-11,14-15H2,1-3H3. The zero-order valence-corrected chi connectivity index (χ0v) is 18.4. The number of amides is 1. The predicted octanol–water partition coefficient (Wildman–Crippen LogP) is 2.34. The zero-order valence-electron chi connectivity index (χ0n) is 18.4. The van der Waals surface area contributed by atoms with Crippen LogP contribution in [0.3, 0.4) is 0 Å². The van der Waals surface area contributed by atoms with E-state index in [4.69, 9.17) is 18.9 Å². The molecule has 1 amide bonds. The molecule has 1 heterocycles. The lowest BCUT2D eigenvalue weighted by molar-refractivity contribution is -0.384. The maximum Gasteiger partial charge on any atom is 0.269 e. The van der Waals surface area contributed by atoms with Gasteiger partial charge in [0.1, 0.15) is 5.75 Å². The lowest BCUT2D eigenvalue weighted by Gasteiger charge is -2.34. The molecule has 0 aromatic heterocycles. The van der Waals surface area contributed by atoms with E-state index < -0.39 is 4.92 Å². The van der Waals surface area contributed by atoms with Crippen molar-refractivity contribution in [1.82, 2.24) is 9.80 Å². The van der Waals surface area contributed by atoms with Crippen molar-refractivity contribution < 1.29 is 28.7 Å². The van der Waals surface area contributed by atoms with Gasteiger partial charge in [0.15, 0.2) is 18.1 Å². The average Bonchev–Trinajstić information content (AvgIpc) is 2.82. The monoisotopic (exact) mass is 445 g/mol. The van der Waals surface area contributed by atoms with Gasteiger partial charge in [-0.25, -0.2) is 0 Å². The Labute approximate surface area is 186 Å². The molecular formula is C22H27N3O7. The Bertz CT molecular complexity index is 916. The van der Waals surface area contributed by atoms with Gasteiger partial charge in [-0.3, -0.25) is 19.8 Å². The summed E-state index contributed by atoms with van der Waals surface area (Å²) in [4.78, 5) is 26.9. The van der Waals surface area contributed by atoms with E-state index in [9.17, 15) is 14.9 Å². The molecule has 172 valence electrons. The van der Waals surface area contributed by atoms with Gasteiger partial charge in [0.2, 0.25) is 5.75 Å². The minimum Gasteiger partial charge on any atom is -0.493 e. The number of hydrogen-bond donors (Lipinski definition) is 0. The van der Waals surface area contributed by atoms with Gasteiger partial charge in [0.25, 0.3) is 11.6 Å². The van der Waals surface area contributed by atoms with Crippen LogP contribution in [0, 0.1) is 10.1 Å². The summed E-state index contributed by atoms with van der Waals surface area (Å²) in [5.74, 6) is 1.71. The van der Waals surface area contributed by atoms with Gasteiger partial charge in [-0.15, -0.1) is 0 Å². The summed E-state index contributed by atoms with van der Waals surface area (Å²) in [6, 6.07) is 9.85. The minimum atomic E-state index is -0.408. The topological polar surface area (TPSA) is 104 Å². The van der Waals surface area contributed by atoms with Crippen molar-refractivity contribution in [3.8, 4) is 23.0 Å². The highest BCUT2D eigenvalue weighted by atomic mass is 16.6. The molecule has 2 aromatic rings. The number of benzene rings is 2. The number of rotatable bonds is 9. The van der Waals surface area contributed by atoms with Crippen molar-refractivity contribution in [2.75, 3.05) is 54.1 Å². The summed E-state index contributed by atoms with van der Waals surface area (Å²) in [6.45, 7) is 3.19. The molecule has 1 saturated heterocycles. The van der Waals surface area contributed by atoms with Crippen LogP contribution in [0.5, 0.6) is 23.0 Å². The van der Waals surface area contributed by atoms with Gasteiger partial charge in [0, 0.05) is 57.0 Å². The SMILES string of the molecule is COc1cc(OCC(=O)N2CCN(Cc3ccc([N+](=O)[O-])cc3)CC2)cc(OC)c1OC. The highest BCUT2D eigenvalue weighted by Crippen LogP contribution is 2.40. The third-order valence-electron chi connectivity index (χ3n) is 5.28. The van der Waals surface area contributed by atoms with E-state index in [1.54, 1.807) is 29.2 Å². The lowest BCUT2D eigenvalue weighted by atomic mass is 10.2. The minimum absolute atomic E-state index is 0.0799. The number of nitro groups is 1. The summed E-state index contributed by atoms with van der Waals surface area (Å²) in [7, 11) is 4.55. The normalized spacial score (nSPS) is 14.0. The number of non-ortho nitro benzene ring substituents is 1. The zero-order chi connectivity index (χ0) is 23.1. The smallest absolute Gasteiger partial charge is 0.269 e. The van der Waals surface area contributed by atoms with Crippen LogP contribution < -0.4 is 18.9 Å². The molecule has 0 N–H and O–H groups in total. The Hall–Kier alpha value is -3.53. The molecule has 10 nitrogen and oxygen atoms in total. The molecule has 0 aliphatic carbocycles. The molecule has 0 atom stereocenters. The van der Waals surface area contributed by atoms with E-state index in [0.717, 1.165) is 5.56 Å². The molecular weight excluding hydrogens is 418 g/mol. The summed E-state index contributed by atoms with van der Waals surface area (Å²) in [5.41, 5.74) is 1.08. The lowest BCUT2D eigenvalue weighted by Crippen LogP contribution is -2.49. The first-order valence-corrected chi connectivity index (χ1v) is 10.1. The van der Waals surface area contributed by atoms with Crippen LogP contribution in [0.4, 0.5) is 5.69 Å². The Morgan fingerprint density at radius 2 is 1.56 bits per heavy atom. The summed E-state index contributed by atoms with van der Waals surface area (Å²) >= 11 is 0. The number of nitrogens with zero attached hydrogens (tertiary/aromatic N) is 3. The maximum atomic E-state index is 12.6. The number of methoxy groups -OCH3 is 3. The molecule has 3 rings (SSSR count). The van der Waals surface area contributed by atoms with Gasteiger partial charge in [-0.2, -0.15) is 0 Å². The van der Waals surface area contributed by atoms with Crippen LogP contribution in [0.25, 0.3) is 0 Å². The van der Waals surface area contributed by atoms with E-state index in [0.29, 0.717) is 55.7 Å². The molecule has 0 radical (unpaired) electrons. The van der Waals surface area contributed by atoms with Crippen LogP contribution in [0.2, 0.25) is 0 Å². The summed E-state index contributed by atoms with van der Waals surface area (Å²) in [5, 5.41) is 10.8. The number of carbonyl (C=O) groups is 1. The third kappa shape index (κ3) is 5.58. The first-order chi connectivity index (χ1) is 15.4. The average molecular weight is 445 g/mol. The highest BCUT2D eigenvalue weighted by Gasteiger charge is 2.22. The molecule has 2 aromatic carbocycles. The van der Waals surface area contributed by atoms with Gasteiger partial charge >= 0.3 is 0 Å². The van der Waals surface area contributed by atoms with E-state index >= 15 is 0 Å². The Morgan fingerprint density at radius 1 is 0.969 bits per heavy atom. The Balaban J connectivity index is 1.50. The first kappa shape index (κ1) is 23.1. The van der Waals surface area contributed by atoms with Crippen molar-refractivity contribution in [3.05, 3.63) is 52.1 Å². The maximum absolute atomic E-state index is 12.6. The molecule has 32 heavy (non-hydrogen) atoms. The van der Waals surface area contributed by atoms with Crippen LogP contribution in [0.15, 0.2) is 36.4 Å². The second-order valence-corrected chi connectivity index (χ2v) is 7.23. The van der Waals surface area contributed by atoms with Crippen molar-refractivity contribution >= 4 is 11.6 Å². The second kappa shape index (κ2) is 10.7. The molecule has 10 heteroatoms. The third-order valence-corrected chi connectivity index (χ3v) is 5.28. The van der Waals surface area contributed by atoms with Crippen LogP contribution in [0.1, 0.15) is 5.56 Å². The quantitative estimate of drug-likeness (QED) is 0.428. The molecule has 0 saturated carbocycles. The van der Waals surface area contributed by atoms with Crippen LogP contribution >= 0.6 is 0 Å². The second-order valence-electron chi connectivity index (χ2n) is 7.23. The number of nitro benzene ring substituents is 1. The molecule has 0 spiro atoms. The van der Waals surface area contributed by atoms with E-state index in [2.05, 4.69) is 4.90 Å². The number of carbonyl (C=O) groups excluding carboxylic acids is 1. The number of hydrogen-bond acceptors (Lipinski definition) is 8. The van der Waals surface area contributed by atoms with Crippen molar-refractivity contribution in [1.29, 1.82) is 0 Å². The van der Waals surface area contributed by atoms with E-state index in [1.165, 1.54) is 33.5 Å². The predicted molar refractivity (Wildman–Crippen MR) is 117 cm³/mol. The summed E-state index contributed by atoms with van der Waals surface area (Å²) in [6.07, 6.45) is 0.